The lowest BCUT2D eigenvalue weighted by atomic mass is 10.1. The van der Waals surface area contributed by atoms with Crippen molar-refractivity contribution in [3.05, 3.63) is 6.54 Å². The second kappa shape index (κ2) is 10.0. The molecule has 0 rings (SSSR count). The van der Waals surface area contributed by atoms with Crippen LogP contribution >= 0.6 is 0 Å². The number of rotatable bonds is 9. The van der Waals surface area contributed by atoms with Crippen molar-refractivity contribution in [2.24, 2.45) is 0 Å². The molecule has 0 aliphatic heterocycles. The third kappa shape index (κ3) is 12.0. The molecule has 0 aliphatic carbocycles. The maximum absolute atomic E-state index is 2.27. The third-order valence-electron chi connectivity index (χ3n) is 2.30. The summed E-state index contributed by atoms with van der Waals surface area (Å²) in [7, 11) is 4.20. The molecule has 0 aromatic carbocycles. The number of unbranched alkanes of at least 4 members (excludes halogenated alkanes) is 7. The SMILES string of the molecule is CCCCCCCCC[CH]N(C)C. The van der Waals surface area contributed by atoms with Crippen LogP contribution in [0.25, 0.3) is 0 Å². The molecular weight excluding hydrogens is 158 g/mol. The molecule has 0 bridgehead atoms. The molecule has 1 nitrogen and oxygen atoms in total. The molecule has 0 aliphatic rings. The Morgan fingerprint density at radius 1 is 0.846 bits per heavy atom. The Labute approximate surface area is 84.5 Å². The van der Waals surface area contributed by atoms with Gasteiger partial charge in [0.05, 0.1) is 0 Å². The Kier molecular flexibility index (Phi) is 10.0. The molecule has 1 radical (unpaired) electrons. The second-order valence-corrected chi connectivity index (χ2v) is 4.06. The summed E-state index contributed by atoms with van der Waals surface area (Å²) in [6, 6.07) is 0. The van der Waals surface area contributed by atoms with Crippen LogP contribution in [0.15, 0.2) is 0 Å². The molecule has 0 heterocycles. The summed E-state index contributed by atoms with van der Waals surface area (Å²) in [5.41, 5.74) is 0. The second-order valence-electron chi connectivity index (χ2n) is 4.06. The fourth-order valence-corrected chi connectivity index (χ4v) is 1.45. The van der Waals surface area contributed by atoms with Crippen LogP contribution in [0.1, 0.15) is 58.3 Å². The Morgan fingerprint density at radius 3 is 1.92 bits per heavy atom. The zero-order chi connectivity index (χ0) is 9.94. The highest BCUT2D eigenvalue weighted by atomic mass is 15.0. The van der Waals surface area contributed by atoms with E-state index in [1.54, 1.807) is 0 Å². The largest absolute Gasteiger partial charge is 0.305 e. The zero-order valence-corrected chi connectivity index (χ0v) is 9.68. The number of nitrogens with zero attached hydrogens (tertiary/aromatic N) is 1. The molecule has 0 saturated carbocycles. The van der Waals surface area contributed by atoms with Crippen LogP contribution < -0.4 is 0 Å². The Morgan fingerprint density at radius 2 is 1.38 bits per heavy atom. The topological polar surface area (TPSA) is 3.24 Å². The highest BCUT2D eigenvalue weighted by Gasteiger charge is 1.92. The van der Waals surface area contributed by atoms with E-state index in [0.717, 1.165) is 0 Å². The van der Waals surface area contributed by atoms with Crippen LogP contribution in [0.2, 0.25) is 0 Å². The van der Waals surface area contributed by atoms with Crippen molar-refractivity contribution in [2.45, 2.75) is 58.3 Å². The van der Waals surface area contributed by atoms with Crippen molar-refractivity contribution in [2.75, 3.05) is 14.1 Å². The van der Waals surface area contributed by atoms with E-state index in [1.165, 1.54) is 51.4 Å². The van der Waals surface area contributed by atoms with E-state index >= 15 is 0 Å². The molecule has 79 valence electrons. The number of hydrogen-bond acceptors (Lipinski definition) is 1. The first-order valence-corrected chi connectivity index (χ1v) is 5.77. The summed E-state index contributed by atoms with van der Waals surface area (Å²) < 4.78 is 0. The van der Waals surface area contributed by atoms with E-state index in [2.05, 4.69) is 32.5 Å². The molecular formula is C12H26N. The highest BCUT2D eigenvalue weighted by Crippen LogP contribution is 2.09. The van der Waals surface area contributed by atoms with Crippen LogP contribution in [0.3, 0.4) is 0 Å². The maximum atomic E-state index is 2.27. The first-order chi connectivity index (χ1) is 6.27. The average molecular weight is 184 g/mol. The van der Waals surface area contributed by atoms with E-state index in [0.29, 0.717) is 0 Å². The molecule has 0 aromatic heterocycles. The van der Waals surface area contributed by atoms with Gasteiger partial charge in [0, 0.05) is 6.54 Å². The van der Waals surface area contributed by atoms with Gasteiger partial charge in [-0.2, -0.15) is 0 Å². The molecule has 13 heavy (non-hydrogen) atoms. The van der Waals surface area contributed by atoms with Crippen molar-refractivity contribution in [1.29, 1.82) is 0 Å². The van der Waals surface area contributed by atoms with Gasteiger partial charge < -0.3 is 4.90 Å². The molecule has 1 heteroatoms. The summed E-state index contributed by atoms with van der Waals surface area (Å²) in [5, 5.41) is 0. The fraction of sp³-hybridized carbons (Fsp3) is 0.917. The van der Waals surface area contributed by atoms with E-state index < -0.39 is 0 Å². The van der Waals surface area contributed by atoms with Gasteiger partial charge >= 0.3 is 0 Å². The van der Waals surface area contributed by atoms with Gasteiger partial charge in [-0.15, -0.1) is 0 Å². The van der Waals surface area contributed by atoms with Crippen LogP contribution in [0, 0.1) is 6.54 Å². The molecule has 0 aromatic rings. The van der Waals surface area contributed by atoms with Gasteiger partial charge in [-0.1, -0.05) is 51.9 Å². The first-order valence-electron chi connectivity index (χ1n) is 5.77. The van der Waals surface area contributed by atoms with Crippen LogP contribution in [-0.2, 0) is 0 Å². The lowest BCUT2D eigenvalue weighted by molar-refractivity contribution is 0.461. The average Bonchev–Trinajstić information content (AvgIpc) is 2.09. The highest BCUT2D eigenvalue weighted by molar-refractivity contribution is 4.60. The molecule has 0 amide bonds. The van der Waals surface area contributed by atoms with Gasteiger partial charge in [0.1, 0.15) is 0 Å². The monoisotopic (exact) mass is 184 g/mol. The maximum Gasteiger partial charge on any atom is 0.0245 e. The Balaban J connectivity index is 2.84. The van der Waals surface area contributed by atoms with Gasteiger partial charge in [0.15, 0.2) is 0 Å². The van der Waals surface area contributed by atoms with Gasteiger partial charge in [-0.05, 0) is 20.5 Å². The van der Waals surface area contributed by atoms with E-state index in [9.17, 15) is 0 Å². The van der Waals surface area contributed by atoms with Crippen LogP contribution in [-0.4, -0.2) is 19.0 Å². The van der Waals surface area contributed by atoms with Crippen LogP contribution in [0.5, 0.6) is 0 Å². The molecule has 0 N–H and O–H groups in total. The summed E-state index contributed by atoms with van der Waals surface area (Å²) in [4.78, 5) is 2.15. The molecule has 0 saturated heterocycles. The van der Waals surface area contributed by atoms with Crippen LogP contribution in [0.4, 0.5) is 0 Å². The van der Waals surface area contributed by atoms with Gasteiger partial charge in [0.25, 0.3) is 0 Å². The quantitative estimate of drug-likeness (QED) is 0.492. The smallest absolute Gasteiger partial charge is 0.0245 e. The molecule has 0 spiro atoms. The van der Waals surface area contributed by atoms with Crippen molar-refractivity contribution < 1.29 is 0 Å². The van der Waals surface area contributed by atoms with Gasteiger partial charge in [-0.25, -0.2) is 0 Å². The van der Waals surface area contributed by atoms with Crippen molar-refractivity contribution >= 4 is 0 Å². The Bertz CT molecular complexity index is 89.1. The summed E-state index contributed by atoms with van der Waals surface area (Å²) in [6.45, 7) is 4.54. The lowest BCUT2D eigenvalue weighted by Crippen LogP contribution is -2.06. The molecule has 0 fully saturated rings. The predicted molar refractivity (Wildman–Crippen MR) is 60.6 cm³/mol. The van der Waals surface area contributed by atoms with Crippen molar-refractivity contribution in [3.63, 3.8) is 0 Å². The van der Waals surface area contributed by atoms with E-state index in [-0.39, 0.29) is 0 Å². The van der Waals surface area contributed by atoms with Gasteiger partial charge in [0.2, 0.25) is 0 Å². The van der Waals surface area contributed by atoms with E-state index in [4.69, 9.17) is 0 Å². The zero-order valence-electron chi connectivity index (χ0n) is 9.68. The third-order valence-corrected chi connectivity index (χ3v) is 2.30. The summed E-state index contributed by atoms with van der Waals surface area (Å²) in [6.07, 6.45) is 11.1. The van der Waals surface area contributed by atoms with Crippen molar-refractivity contribution in [1.82, 2.24) is 4.90 Å². The minimum Gasteiger partial charge on any atom is -0.305 e. The predicted octanol–water partition coefficient (Wildman–Crippen LogP) is 3.85. The van der Waals surface area contributed by atoms with Gasteiger partial charge in [-0.3, -0.25) is 0 Å². The first kappa shape index (κ1) is 13.0. The lowest BCUT2D eigenvalue weighted by Gasteiger charge is -2.07. The number of hydrogen-bond donors (Lipinski definition) is 0. The minimum atomic E-state index is 1.25. The standard InChI is InChI=1S/C12H26N/c1-4-5-6-7-8-9-10-11-12-13(2)3/h12H,4-11H2,1-3H3. The Hall–Kier alpha value is -0.0400. The fourth-order valence-electron chi connectivity index (χ4n) is 1.45. The summed E-state index contributed by atoms with van der Waals surface area (Å²) in [5.74, 6) is 0. The van der Waals surface area contributed by atoms with E-state index in [1.807, 2.05) is 0 Å². The molecule has 0 atom stereocenters. The molecule has 0 unspecified atom stereocenters. The summed E-state index contributed by atoms with van der Waals surface area (Å²) >= 11 is 0. The minimum absolute atomic E-state index is 1.25. The van der Waals surface area contributed by atoms with Crippen molar-refractivity contribution in [3.8, 4) is 0 Å². The normalized spacial score (nSPS) is 11.1.